The molecule has 4 nitrogen and oxygen atoms in total. The molecule has 2 rings (SSSR count). The summed E-state index contributed by atoms with van der Waals surface area (Å²) in [4.78, 5) is 4.25. The Morgan fingerprint density at radius 3 is 2.69 bits per heavy atom. The summed E-state index contributed by atoms with van der Waals surface area (Å²) in [5.41, 5.74) is 7.46. The molecule has 0 amide bonds. The molecule has 13 heavy (non-hydrogen) atoms. The van der Waals surface area contributed by atoms with Crippen LogP contribution in [0.1, 0.15) is 19.8 Å². The third-order valence-electron chi connectivity index (χ3n) is 2.56. The number of nitrogens with one attached hydrogen (secondary N) is 3. The van der Waals surface area contributed by atoms with Crippen LogP contribution in [-0.4, -0.2) is 18.9 Å². The van der Waals surface area contributed by atoms with Gasteiger partial charge in [-0.3, -0.25) is 5.43 Å². The SMILES string of the molecule is CC1=NC=C(C2CCNCC2)NN1. The molecule has 0 aromatic carbocycles. The highest BCUT2D eigenvalue weighted by atomic mass is 15.4. The third-order valence-corrected chi connectivity index (χ3v) is 2.56. The first-order chi connectivity index (χ1) is 6.36. The zero-order valence-electron chi connectivity index (χ0n) is 7.93. The van der Waals surface area contributed by atoms with Crippen LogP contribution >= 0.6 is 0 Å². The fraction of sp³-hybridized carbons (Fsp3) is 0.667. The van der Waals surface area contributed by atoms with Gasteiger partial charge in [-0.1, -0.05) is 0 Å². The van der Waals surface area contributed by atoms with Crippen molar-refractivity contribution in [2.24, 2.45) is 10.9 Å². The number of aliphatic imine (C=N–C) groups is 1. The Hall–Kier alpha value is -1.03. The van der Waals surface area contributed by atoms with Gasteiger partial charge in [0.1, 0.15) is 5.84 Å². The van der Waals surface area contributed by atoms with Crippen LogP contribution in [0.15, 0.2) is 16.9 Å². The minimum atomic E-state index is 0.644. The standard InChI is InChI=1S/C9H16N4/c1-7-11-6-9(13-12-7)8-2-4-10-5-3-8/h6,8,10,13H,2-5H2,1H3,(H,11,12). The molecular formula is C9H16N4. The van der Waals surface area contributed by atoms with E-state index in [0.717, 1.165) is 18.9 Å². The van der Waals surface area contributed by atoms with E-state index >= 15 is 0 Å². The maximum atomic E-state index is 4.25. The second-order valence-electron chi connectivity index (χ2n) is 3.57. The molecule has 0 unspecified atom stereocenters. The van der Waals surface area contributed by atoms with Gasteiger partial charge in [-0.05, 0) is 32.9 Å². The van der Waals surface area contributed by atoms with E-state index < -0.39 is 0 Å². The van der Waals surface area contributed by atoms with Crippen molar-refractivity contribution in [2.75, 3.05) is 13.1 Å². The average molecular weight is 180 g/mol. The number of amidine groups is 1. The Morgan fingerprint density at radius 1 is 1.31 bits per heavy atom. The molecular weight excluding hydrogens is 164 g/mol. The van der Waals surface area contributed by atoms with Gasteiger partial charge in [0.05, 0.1) is 11.9 Å². The topological polar surface area (TPSA) is 48.5 Å². The van der Waals surface area contributed by atoms with Gasteiger partial charge in [-0.15, -0.1) is 0 Å². The van der Waals surface area contributed by atoms with Gasteiger partial charge in [0, 0.05) is 5.92 Å². The zero-order chi connectivity index (χ0) is 9.10. The minimum Gasteiger partial charge on any atom is -0.317 e. The van der Waals surface area contributed by atoms with Crippen LogP contribution in [0.3, 0.4) is 0 Å². The highest BCUT2D eigenvalue weighted by Gasteiger charge is 2.18. The molecule has 0 radical (unpaired) electrons. The average Bonchev–Trinajstić information content (AvgIpc) is 2.20. The number of rotatable bonds is 1. The monoisotopic (exact) mass is 180 g/mol. The Balaban J connectivity index is 1.99. The lowest BCUT2D eigenvalue weighted by molar-refractivity contribution is 0.395. The van der Waals surface area contributed by atoms with E-state index in [2.05, 4.69) is 21.2 Å². The molecule has 2 aliphatic heterocycles. The van der Waals surface area contributed by atoms with Crippen LogP contribution in [-0.2, 0) is 0 Å². The molecule has 2 heterocycles. The Morgan fingerprint density at radius 2 is 2.08 bits per heavy atom. The molecule has 1 saturated heterocycles. The predicted octanol–water partition coefficient (Wildman–Crippen LogP) is 0.354. The second-order valence-corrected chi connectivity index (χ2v) is 3.57. The van der Waals surface area contributed by atoms with Crippen LogP contribution in [0.25, 0.3) is 0 Å². The summed E-state index contributed by atoms with van der Waals surface area (Å²) < 4.78 is 0. The van der Waals surface area contributed by atoms with Crippen molar-refractivity contribution < 1.29 is 0 Å². The number of hydrazine groups is 1. The molecule has 4 heteroatoms. The molecule has 0 bridgehead atoms. The molecule has 0 aliphatic carbocycles. The highest BCUT2D eigenvalue weighted by Crippen LogP contribution is 2.19. The summed E-state index contributed by atoms with van der Waals surface area (Å²) in [7, 11) is 0. The first-order valence-corrected chi connectivity index (χ1v) is 4.83. The molecule has 1 fully saturated rings. The highest BCUT2D eigenvalue weighted by molar-refractivity contribution is 5.80. The fourth-order valence-corrected chi connectivity index (χ4v) is 1.73. The third kappa shape index (κ3) is 2.01. The summed E-state index contributed by atoms with van der Waals surface area (Å²) in [6.07, 6.45) is 4.35. The van der Waals surface area contributed by atoms with Crippen molar-refractivity contribution in [2.45, 2.75) is 19.8 Å². The summed E-state index contributed by atoms with van der Waals surface area (Å²) in [5.74, 6) is 1.57. The largest absolute Gasteiger partial charge is 0.317 e. The van der Waals surface area contributed by atoms with Gasteiger partial charge in [-0.2, -0.15) is 0 Å². The Kier molecular flexibility index (Phi) is 2.49. The fourth-order valence-electron chi connectivity index (χ4n) is 1.73. The van der Waals surface area contributed by atoms with Crippen molar-refractivity contribution in [3.8, 4) is 0 Å². The zero-order valence-corrected chi connectivity index (χ0v) is 7.93. The van der Waals surface area contributed by atoms with Crippen LogP contribution in [0, 0.1) is 5.92 Å². The second kappa shape index (κ2) is 3.79. The molecule has 0 saturated carbocycles. The normalized spacial score (nSPS) is 24.1. The lowest BCUT2D eigenvalue weighted by Crippen LogP contribution is -2.42. The van der Waals surface area contributed by atoms with E-state index in [9.17, 15) is 0 Å². The first kappa shape index (κ1) is 8.56. The quantitative estimate of drug-likeness (QED) is 0.546. The smallest absolute Gasteiger partial charge is 0.117 e. The number of nitrogens with zero attached hydrogens (tertiary/aromatic N) is 1. The van der Waals surface area contributed by atoms with Crippen molar-refractivity contribution in [1.82, 2.24) is 16.2 Å². The van der Waals surface area contributed by atoms with E-state index in [1.54, 1.807) is 0 Å². The van der Waals surface area contributed by atoms with E-state index in [1.165, 1.54) is 18.5 Å². The number of allylic oxidation sites excluding steroid dienone is 1. The van der Waals surface area contributed by atoms with Crippen LogP contribution in [0.2, 0.25) is 0 Å². The molecule has 0 spiro atoms. The minimum absolute atomic E-state index is 0.644. The maximum Gasteiger partial charge on any atom is 0.117 e. The number of piperidine rings is 1. The van der Waals surface area contributed by atoms with E-state index in [0.29, 0.717) is 5.92 Å². The molecule has 0 aromatic rings. The van der Waals surface area contributed by atoms with Crippen LogP contribution < -0.4 is 16.2 Å². The maximum absolute atomic E-state index is 4.25. The van der Waals surface area contributed by atoms with Crippen molar-refractivity contribution in [3.63, 3.8) is 0 Å². The predicted molar refractivity (Wildman–Crippen MR) is 53.1 cm³/mol. The summed E-state index contributed by atoms with van der Waals surface area (Å²) in [6, 6.07) is 0. The van der Waals surface area contributed by atoms with E-state index in [4.69, 9.17) is 0 Å². The molecule has 72 valence electrons. The molecule has 3 N–H and O–H groups in total. The van der Waals surface area contributed by atoms with Crippen molar-refractivity contribution in [1.29, 1.82) is 0 Å². The first-order valence-electron chi connectivity index (χ1n) is 4.83. The van der Waals surface area contributed by atoms with Gasteiger partial charge in [0.2, 0.25) is 0 Å². The van der Waals surface area contributed by atoms with E-state index in [-0.39, 0.29) is 0 Å². The molecule has 0 aromatic heterocycles. The van der Waals surface area contributed by atoms with E-state index in [1.807, 2.05) is 13.1 Å². The molecule has 2 aliphatic rings. The van der Waals surface area contributed by atoms with Gasteiger partial charge in [-0.25, -0.2) is 4.99 Å². The lowest BCUT2D eigenvalue weighted by atomic mass is 9.95. The Bertz CT molecular complexity index is 238. The van der Waals surface area contributed by atoms with Gasteiger partial charge in [0.25, 0.3) is 0 Å². The Labute approximate surface area is 78.5 Å². The van der Waals surface area contributed by atoms with Crippen molar-refractivity contribution >= 4 is 5.84 Å². The van der Waals surface area contributed by atoms with Crippen LogP contribution in [0.4, 0.5) is 0 Å². The van der Waals surface area contributed by atoms with Gasteiger partial charge in [0.15, 0.2) is 0 Å². The number of hydrogen-bond acceptors (Lipinski definition) is 4. The summed E-state index contributed by atoms with van der Waals surface area (Å²) in [6.45, 7) is 4.18. The van der Waals surface area contributed by atoms with Gasteiger partial charge < -0.3 is 10.7 Å². The van der Waals surface area contributed by atoms with Crippen molar-refractivity contribution in [3.05, 3.63) is 11.9 Å². The summed E-state index contributed by atoms with van der Waals surface area (Å²) >= 11 is 0. The molecule has 0 atom stereocenters. The lowest BCUT2D eigenvalue weighted by Gasteiger charge is -2.27. The number of hydrogen-bond donors (Lipinski definition) is 3. The van der Waals surface area contributed by atoms with Gasteiger partial charge >= 0.3 is 0 Å². The van der Waals surface area contributed by atoms with Crippen LogP contribution in [0.5, 0.6) is 0 Å². The summed E-state index contributed by atoms with van der Waals surface area (Å²) in [5, 5.41) is 3.35.